The van der Waals surface area contributed by atoms with Gasteiger partial charge in [0, 0.05) is 6.04 Å². The van der Waals surface area contributed by atoms with Crippen LogP contribution in [-0.4, -0.2) is 12.2 Å². The Morgan fingerprint density at radius 2 is 2.00 bits per heavy atom. The van der Waals surface area contributed by atoms with Gasteiger partial charge in [-0.1, -0.05) is 12.8 Å². The summed E-state index contributed by atoms with van der Waals surface area (Å²) in [5.74, 6) is 0. The second-order valence-electron chi connectivity index (χ2n) is 2.96. The molecule has 54 valence electrons. The molecule has 0 aromatic heterocycles. The molecule has 0 saturated carbocycles. The molecular weight excluding hydrogens is 112 g/mol. The quantitative estimate of drug-likeness (QED) is 0.507. The van der Waals surface area contributed by atoms with Crippen molar-refractivity contribution >= 4 is 0 Å². The summed E-state index contributed by atoms with van der Waals surface area (Å²) in [6, 6.07) is 0.627. The minimum absolute atomic E-state index is 0.252. The van der Waals surface area contributed by atoms with Crippen molar-refractivity contribution in [3.63, 3.8) is 0 Å². The van der Waals surface area contributed by atoms with E-state index in [4.69, 9.17) is 5.73 Å². The van der Waals surface area contributed by atoms with Crippen LogP contribution in [0.2, 0.25) is 0 Å². The number of nitrogens with one attached hydrogen (secondary N) is 1. The number of rotatable bonds is 0. The van der Waals surface area contributed by atoms with Crippen LogP contribution in [0.15, 0.2) is 0 Å². The van der Waals surface area contributed by atoms with Gasteiger partial charge in [0.15, 0.2) is 0 Å². The van der Waals surface area contributed by atoms with Gasteiger partial charge in [0.25, 0.3) is 0 Å². The van der Waals surface area contributed by atoms with E-state index in [-0.39, 0.29) is 6.17 Å². The average Bonchev–Trinajstić information content (AvgIpc) is 1.93. The Morgan fingerprint density at radius 1 is 1.33 bits per heavy atom. The molecule has 1 fully saturated rings. The summed E-state index contributed by atoms with van der Waals surface area (Å²) in [6.45, 7) is 2.20. The summed E-state index contributed by atoms with van der Waals surface area (Å²) in [4.78, 5) is 0. The summed E-state index contributed by atoms with van der Waals surface area (Å²) in [7, 11) is 0. The molecule has 0 aromatic carbocycles. The summed E-state index contributed by atoms with van der Waals surface area (Å²) in [5.41, 5.74) is 5.71. The van der Waals surface area contributed by atoms with Crippen molar-refractivity contribution in [2.75, 3.05) is 0 Å². The predicted octanol–water partition coefficient (Wildman–Crippen LogP) is 0.823. The van der Waals surface area contributed by atoms with Gasteiger partial charge in [-0.15, -0.1) is 0 Å². The maximum absolute atomic E-state index is 5.71. The molecule has 2 heteroatoms. The summed E-state index contributed by atoms with van der Waals surface area (Å²) in [6.07, 6.45) is 5.31. The first-order chi connectivity index (χ1) is 4.29. The van der Waals surface area contributed by atoms with E-state index in [0.29, 0.717) is 6.04 Å². The van der Waals surface area contributed by atoms with Crippen LogP contribution in [0.3, 0.4) is 0 Å². The molecule has 0 aromatic rings. The van der Waals surface area contributed by atoms with Crippen LogP contribution in [0.4, 0.5) is 0 Å². The van der Waals surface area contributed by atoms with Gasteiger partial charge in [-0.05, 0) is 19.8 Å². The smallest absolute Gasteiger partial charge is 0.0548 e. The molecule has 1 aliphatic heterocycles. The van der Waals surface area contributed by atoms with Crippen LogP contribution in [0, 0.1) is 0 Å². The zero-order valence-corrected chi connectivity index (χ0v) is 6.06. The number of hydrogen-bond acceptors (Lipinski definition) is 2. The monoisotopic (exact) mass is 128 g/mol. The van der Waals surface area contributed by atoms with Gasteiger partial charge in [0.2, 0.25) is 0 Å². The first-order valence-corrected chi connectivity index (χ1v) is 3.80. The standard InChI is InChI=1S/C7H16N2/c1-6-4-2-3-5-7(8)9-6/h6-7,9H,2-5,8H2,1H3. The summed E-state index contributed by atoms with van der Waals surface area (Å²) < 4.78 is 0. The third-order valence-electron chi connectivity index (χ3n) is 1.90. The van der Waals surface area contributed by atoms with Crippen molar-refractivity contribution in [1.82, 2.24) is 5.32 Å². The van der Waals surface area contributed by atoms with Gasteiger partial charge in [-0.2, -0.15) is 0 Å². The highest BCUT2D eigenvalue weighted by atomic mass is 15.0. The number of hydrogen-bond donors (Lipinski definition) is 2. The largest absolute Gasteiger partial charge is 0.316 e. The van der Waals surface area contributed by atoms with E-state index in [2.05, 4.69) is 12.2 Å². The molecule has 3 N–H and O–H groups in total. The minimum Gasteiger partial charge on any atom is -0.316 e. The fourth-order valence-electron chi connectivity index (χ4n) is 1.35. The number of nitrogens with two attached hydrogens (primary N) is 1. The second kappa shape index (κ2) is 3.18. The second-order valence-corrected chi connectivity index (χ2v) is 2.96. The third kappa shape index (κ3) is 2.33. The normalized spacial score (nSPS) is 38.0. The van der Waals surface area contributed by atoms with E-state index in [1.54, 1.807) is 0 Å². The molecule has 2 atom stereocenters. The minimum atomic E-state index is 0.252. The van der Waals surface area contributed by atoms with Crippen molar-refractivity contribution in [2.45, 2.75) is 44.8 Å². The predicted molar refractivity (Wildman–Crippen MR) is 39.0 cm³/mol. The van der Waals surface area contributed by atoms with Gasteiger partial charge < -0.3 is 5.73 Å². The van der Waals surface area contributed by atoms with Crippen LogP contribution in [0.5, 0.6) is 0 Å². The molecule has 1 aliphatic rings. The first-order valence-electron chi connectivity index (χ1n) is 3.80. The fraction of sp³-hybridized carbons (Fsp3) is 1.00. The van der Waals surface area contributed by atoms with Crippen LogP contribution in [-0.2, 0) is 0 Å². The Kier molecular flexibility index (Phi) is 2.49. The Balaban J connectivity index is 2.29. The lowest BCUT2D eigenvalue weighted by atomic mass is 10.1. The molecule has 2 nitrogen and oxygen atoms in total. The lowest BCUT2D eigenvalue weighted by Crippen LogP contribution is -2.40. The molecule has 0 radical (unpaired) electrons. The fourth-order valence-corrected chi connectivity index (χ4v) is 1.35. The zero-order valence-electron chi connectivity index (χ0n) is 6.06. The average molecular weight is 128 g/mol. The van der Waals surface area contributed by atoms with Crippen molar-refractivity contribution < 1.29 is 0 Å². The van der Waals surface area contributed by atoms with Crippen molar-refractivity contribution in [3.05, 3.63) is 0 Å². The Morgan fingerprint density at radius 3 is 2.78 bits per heavy atom. The summed E-state index contributed by atoms with van der Waals surface area (Å²) in [5, 5.41) is 3.32. The van der Waals surface area contributed by atoms with E-state index < -0.39 is 0 Å². The van der Waals surface area contributed by atoms with E-state index >= 15 is 0 Å². The van der Waals surface area contributed by atoms with Crippen molar-refractivity contribution in [3.8, 4) is 0 Å². The third-order valence-corrected chi connectivity index (χ3v) is 1.90. The molecule has 1 heterocycles. The highest BCUT2D eigenvalue weighted by molar-refractivity contribution is 4.70. The Labute approximate surface area is 56.8 Å². The SMILES string of the molecule is CC1CCCCC(N)N1. The van der Waals surface area contributed by atoms with Gasteiger partial charge in [-0.25, -0.2) is 0 Å². The topological polar surface area (TPSA) is 38.0 Å². The molecule has 9 heavy (non-hydrogen) atoms. The van der Waals surface area contributed by atoms with E-state index in [1.165, 1.54) is 19.3 Å². The Hall–Kier alpha value is -0.0800. The highest BCUT2D eigenvalue weighted by Crippen LogP contribution is 2.09. The van der Waals surface area contributed by atoms with Crippen LogP contribution < -0.4 is 11.1 Å². The van der Waals surface area contributed by atoms with Gasteiger partial charge in [-0.3, -0.25) is 5.32 Å². The van der Waals surface area contributed by atoms with Crippen LogP contribution >= 0.6 is 0 Å². The molecule has 0 bridgehead atoms. The molecule has 0 amide bonds. The highest BCUT2D eigenvalue weighted by Gasteiger charge is 2.10. The van der Waals surface area contributed by atoms with Crippen molar-refractivity contribution in [1.29, 1.82) is 0 Å². The van der Waals surface area contributed by atoms with Crippen molar-refractivity contribution in [2.24, 2.45) is 5.73 Å². The van der Waals surface area contributed by atoms with Gasteiger partial charge in [0.1, 0.15) is 0 Å². The van der Waals surface area contributed by atoms with E-state index in [0.717, 1.165) is 6.42 Å². The first kappa shape index (κ1) is 7.03. The van der Waals surface area contributed by atoms with Crippen LogP contribution in [0.25, 0.3) is 0 Å². The summed E-state index contributed by atoms with van der Waals surface area (Å²) >= 11 is 0. The lowest BCUT2D eigenvalue weighted by Gasteiger charge is -2.13. The van der Waals surface area contributed by atoms with Crippen LogP contribution in [0.1, 0.15) is 32.6 Å². The molecule has 2 unspecified atom stereocenters. The molecule has 0 spiro atoms. The van der Waals surface area contributed by atoms with E-state index in [1.807, 2.05) is 0 Å². The Bertz CT molecular complexity index is 73.0. The maximum atomic E-state index is 5.71. The van der Waals surface area contributed by atoms with Gasteiger partial charge in [0.05, 0.1) is 6.17 Å². The zero-order chi connectivity index (χ0) is 6.69. The molecule has 1 saturated heterocycles. The van der Waals surface area contributed by atoms with E-state index in [9.17, 15) is 0 Å². The maximum Gasteiger partial charge on any atom is 0.0548 e. The molecular formula is C7H16N2. The molecule has 1 rings (SSSR count). The molecule has 0 aliphatic carbocycles. The van der Waals surface area contributed by atoms with Gasteiger partial charge >= 0.3 is 0 Å². The lowest BCUT2D eigenvalue weighted by molar-refractivity contribution is 0.460.